The summed E-state index contributed by atoms with van der Waals surface area (Å²) < 4.78 is 8.23. The number of nitrogens with one attached hydrogen (secondary N) is 2. The van der Waals surface area contributed by atoms with Gasteiger partial charge in [-0.05, 0) is 87.3 Å². The summed E-state index contributed by atoms with van der Waals surface area (Å²) in [6, 6.07) is 13.2. The van der Waals surface area contributed by atoms with Crippen LogP contribution in [0.4, 0.5) is 0 Å². The zero-order chi connectivity index (χ0) is 41.8. The van der Waals surface area contributed by atoms with Gasteiger partial charge in [-0.1, -0.05) is 32.0 Å². The van der Waals surface area contributed by atoms with E-state index < -0.39 is 11.9 Å². The van der Waals surface area contributed by atoms with Gasteiger partial charge in [0.25, 0.3) is 0 Å². The maximum Gasteiger partial charge on any atom is 0.310 e. The number of rotatable bonds is 19. The number of Topliss-reactive ketones (excluding diaryl/α,β-unsaturated/α-hetero) is 2. The van der Waals surface area contributed by atoms with Gasteiger partial charge in [-0.25, -0.2) is 0 Å². The molecule has 0 aliphatic heterocycles. The number of benzene rings is 1. The molecule has 304 valence electrons. The largest absolute Gasteiger partial charge is 0.481 e. The highest BCUT2D eigenvalue weighted by Crippen LogP contribution is 2.15. The number of carbonyl (C=O) groups is 6. The predicted octanol–water partition coefficient (Wildman–Crippen LogP) is 3.29. The maximum atomic E-state index is 11.8. The van der Waals surface area contributed by atoms with Crippen LogP contribution >= 0.6 is 0 Å². The van der Waals surface area contributed by atoms with Crippen molar-refractivity contribution in [3.63, 3.8) is 0 Å². The number of nitrogens with two attached hydrogens (primary N) is 1. The number of carboxylic acid groups (broad SMARTS) is 1. The van der Waals surface area contributed by atoms with Crippen LogP contribution in [0.5, 0.6) is 0 Å². The monoisotopic (exact) mass is 766 g/mol. The number of carbonyl (C=O) groups excluding carboxylic acids is 5. The van der Waals surface area contributed by atoms with Crippen LogP contribution in [0.15, 0.2) is 42.5 Å². The van der Waals surface area contributed by atoms with E-state index in [0.717, 1.165) is 36.2 Å². The SMILES string of the molecule is CC(=O)c1ccc(CC(=O)NCCCN(C)C)n1C.COC[C@H](CNC(=O)Cc1ccc(C(C)=O)n1C)C(=O)O.Cc1cc(CC(C)C)ccc1CC(N)=O. The van der Waals surface area contributed by atoms with Crippen molar-refractivity contribution in [2.24, 2.45) is 31.7 Å². The Bertz CT molecular complexity index is 1740. The van der Waals surface area contributed by atoms with Gasteiger partial charge in [-0.15, -0.1) is 0 Å². The molecule has 0 fully saturated rings. The molecule has 1 atom stereocenters. The number of primary amides is 1. The van der Waals surface area contributed by atoms with Gasteiger partial charge < -0.3 is 40.2 Å². The number of ether oxygens (including phenoxy) is 1. The molecule has 55 heavy (non-hydrogen) atoms. The third kappa shape index (κ3) is 18.2. The van der Waals surface area contributed by atoms with Gasteiger partial charge in [0.05, 0.1) is 43.2 Å². The summed E-state index contributed by atoms with van der Waals surface area (Å²) in [6.45, 7) is 11.1. The van der Waals surface area contributed by atoms with E-state index in [1.54, 1.807) is 34.4 Å². The molecule has 0 bridgehead atoms. The molecular formula is C41H62N6O8. The van der Waals surface area contributed by atoms with Crippen molar-refractivity contribution in [3.05, 3.63) is 81.9 Å². The van der Waals surface area contributed by atoms with E-state index >= 15 is 0 Å². The number of aromatic nitrogens is 2. The fraction of sp³-hybridized carbons (Fsp3) is 0.512. The van der Waals surface area contributed by atoms with E-state index in [1.165, 1.54) is 26.5 Å². The third-order valence-electron chi connectivity index (χ3n) is 8.64. The van der Waals surface area contributed by atoms with Gasteiger partial charge in [-0.3, -0.25) is 28.8 Å². The fourth-order valence-corrected chi connectivity index (χ4v) is 5.64. The summed E-state index contributed by atoms with van der Waals surface area (Å²) in [6.07, 6.45) is 2.75. The van der Waals surface area contributed by atoms with Crippen LogP contribution < -0.4 is 16.4 Å². The van der Waals surface area contributed by atoms with Crippen LogP contribution in [0.3, 0.4) is 0 Å². The molecule has 14 nitrogen and oxygen atoms in total. The van der Waals surface area contributed by atoms with Gasteiger partial charge in [0, 0.05) is 59.5 Å². The zero-order valence-corrected chi connectivity index (χ0v) is 34.3. The van der Waals surface area contributed by atoms with Crippen LogP contribution in [0.2, 0.25) is 0 Å². The molecule has 0 saturated heterocycles. The summed E-state index contributed by atoms with van der Waals surface area (Å²) in [5.74, 6) is -1.77. The Kier molecular flexibility index (Phi) is 21.2. The Morgan fingerprint density at radius 3 is 1.76 bits per heavy atom. The predicted molar refractivity (Wildman–Crippen MR) is 213 cm³/mol. The standard InChI is InChI=1S/C14H23N3O2.C14H20N2O5.C13H19NO/c1-11(18)13-7-6-12(17(13)4)10-14(19)15-8-5-9-16(2)3;1-9(17)12-5-4-11(16(12)2)6-13(18)15-7-10(8-21-3)14(19)20;1-9(2)6-11-4-5-12(8-13(14)15)10(3)7-11/h6-7H,5,8-10H2,1-4H3,(H,15,19);4-5,10H,6-8H2,1-3H3,(H,15,18)(H,19,20);4-5,7,9H,6,8H2,1-3H3,(H2,14,15)/t;10-;/m.0./s1. The second-order valence-electron chi connectivity index (χ2n) is 14.3. The first kappa shape index (κ1) is 47.9. The molecule has 5 N–H and O–H groups in total. The van der Waals surface area contributed by atoms with Gasteiger partial charge >= 0.3 is 5.97 Å². The average Bonchev–Trinajstić information content (AvgIpc) is 3.63. The second kappa shape index (κ2) is 24.4. The topological polar surface area (TPSA) is 195 Å². The molecular weight excluding hydrogens is 704 g/mol. The molecule has 1 aromatic carbocycles. The molecule has 0 aliphatic rings. The summed E-state index contributed by atoms with van der Waals surface area (Å²) in [5, 5.41) is 14.4. The number of ketones is 2. The number of aryl methyl sites for hydroxylation is 1. The molecule has 0 saturated carbocycles. The molecule has 3 aromatic rings. The summed E-state index contributed by atoms with van der Waals surface area (Å²) in [4.78, 5) is 70.0. The highest BCUT2D eigenvalue weighted by Gasteiger charge is 2.19. The van der Waals surface area contributed by atoms with Crippen LogP contribution in [0, 0.1) is 18.8 Å². The molecule has 2 heterocycles. The minimum atomic E-state index is -1.02. The molecule has 0 radical (unpaired) electrons. The Morgan fingerprint density at radius 2 is 1.36 bits per heavy atom. The van der Waals surface area contributed by atoms with Crippen molar-refractivity contribution >= 4 is 35.3 Å². The summed E-state index contributed by atoms with van der Waals surface area (Å²) in [7, 11) is 8.95. The third-order valence-corrected chi connectivity index (χ3v) is 8.64. The van der Waals surface area contributed by atoms with E-state index in [4.69, 9.17) is 15.6 Å². The Morgan fingerprint density at radius 1 is 0.836 bits per heavy atom. The Labute approximate surface area is 325 Å². The molecule has 3 amide bonds. The second-order valence-corrected chi connectivity index (χ2v) is 14.3. The van der Waals surface area contributed by atoms with Crippen LogP contribution in [0.1, 0.15) is 83.2 Å². The van der Waals surface area contributed by atoms with E-state index in [9.17, 15) is 28.8 Å². The highest BCUT2D eigenvalue weighted by molar-refractivity contribution is 5.93. The minimum absolute atomic E-state index is 0.00458. The summed E-state index contributed by atoms with van der Waals surface area (Å²) >= 11 is 0. The quantitative estimate of drug-likeness (QED) is 0.105. The molecule has 0 spiro atoms. The number of nitrogens with zero attached hydrogens (tertiary/aromatic N) is 3. The number of amides is 3. The molecule has 0 aliphatic carbocycles. The first-order valence-electron chi connectivity index (χ1n) is 18.3. The zero-order valence-electron chi connectivity index (χ0n) is 34.3. The lowest BCUT2D eigenvalue weighted by Gasteiger charge is -2.12. The van der Waals surface area contributed by atoms with Crippen molar-refractivity contribution in [2.75, 3.05) is 47.4 Å². The Hall–Kier alpha value is -5.08. The Balaban J connectivity index is 0.000000418. The van der Waals surface area contributed by atoms with E-state index in [2.05, 4.69) is 41.5 Å². The lowest BCUT2D eigenvalue weighted by molar-refractivity contribution is -0.143. The van der Waals surface area contributed by atoms with Crippen molar-refractivity contribution in [1.82, 2.24) is 24.7 Å². The fourth-order valence-electron chi connectivity index (χ4n) is 5.64. The van der Waals surface area contributed by atoms with Crippen molar-refractivity contribution < 1.29 is 38.6 Å². The summed E-state index contributed by atoms with van der Waals surface area (Å²) in [5.41, 5.74) is 11.4. The molecule has 3 rings (SSSR count). The van der Waals surface area contributed by atoms with E-state index in [1.807, 2.05) is 40.2 Å². The number of hydrogen-bond acceptors (Lipinski definition) is 8. The number of methoxy groups -OCH3 is 1. The van der Waals surface area contributed by atoms with Crippen molar-refractivity contribution in [2.45, 2.75) is 66.7 Å². The minimum Gasteiger partial charge on any atom is -0.481 e. The molecule has 0 unspecified atom stereocenters. The average molecular weight is 767 g/mol. The first-order chi connectivity index (χ1) is 25.8. The van der Waals surface area contributed by atoms with Gasteiger partial charge in [-0.2, -0.15) is 0 Å². The van der Waals surface area contributed by atoms with Crippen molar-refractivity contribution in [1.29, 1.82) is 0 Å². The van der Waals surface area contributed by atoms with Gasteiger partial charge in [0.2, 0.25) is 17.7 Å². The normalized spacial score (nSPS) is 11.2. The van der Waals surface area contributed by atoms with Gasteiger partial charge in [0.1, 0.15) is 0 Å². The van der Waals surface area contributed by atoms with E-state index in [0.29, 0.717) is 42.4 Å². The van der Waals surface area contributed by atoms with Crippen LogP contribution in [0.25, 0.3) is 0 Å². The molecule has 2 aromatic heterocycles. The van der Waals surface area contributed by atoms with E-state index in [-0.39, 0.29) is 48.9 Å². The smallest absolute Gasteiger partial charge is 0.310 e. The number of carboxylic acids is 1. The van der Waals surface area contributed by atoms with Crippen LogP contribution in [-0.2, 0) is 63.7 Å². The lowest BCUT2D eigenvalue weighted by Crippen LogP contribution is -2.36. The first-order valence-corrected chi connectivity index (χ1v) is 18.3. The maximum absolute atomic E-state index is 11.8. The number of aliphatic carboxylic acids is 1. The highest BCUT2D eigenvalue weighted by atomic mass is 16.5. The lowest BCUT2D eigenvalue weighted by atomic mass is 9.97. The van der Waals surface area contributed by atoms with Gasteiger partial charge in [0.15, 0.2) is 11.6 Å². The number of hydrogen-bond donors (Lipinski definition) is 4. The molecule has 14 heteroatoms. The van der Waals surface area contributed by atoms with Crippen molar-refractivity contribution in [3.8, 4) is 0 Å². The van der Waals surface area contributed by atoms with Crippen LogP contribution in [-0.4, -0.2) is 102 Å².